The smallest absolute Gasteiger partial charge is 0.0962 e. The summed E-state index contributed by atoms with van der Waals surface area (Å²) in [5, 5.41) is 7.69. The zero-order valence-electron chi connectivity index (χ0n) is 11.3. The van der Waals surface area contributed by atoms with Crippen molar-refractivity contribution >= 4 is 0 Å². The van der Waals surface area contributed by atoms with Gasteiger partial charge in [0, 0.05) is 19.3 Å². The fourth-order valence-electron chi connectivity index (χ4n) is 2.34. The molecule has 1 N–H and O–H groups in total. The topological polar surface area (TPSA) is 48.3 Å². The van der Waals surface area contributed by atoms with Crippen molar-refractivity contribution in [2.75, 3.05) is 26.4 Å². The van der Waals surface area contributed by atoms with Gasteiger partial charge in [0.05, 0.1) is 32.1 Å². The van der Waals surface area contributed by atoms with Crippen LogP contribution in [0.15, 0.2) is 12.4 Å². The van der Waals surface area contributed by atoms with E-state index in [-0.39, 0.29) is 6.10 Å². The highest BCUT2D eigenvalue weighted by atomic mass is 16.6. The lowest BCUT2D eigenvalue weighted by molar-refractivity contribution is -0.102. The highest BCUT2D eigenvalue weighted by Crippen LogP contribution is 2.12. The maximum atomic E-state index is 5.78. The lowest BCUT2D eigenvalue weighted by atomic mass is 10.0. The normalized spacial score (nSPS) is 22.0. The Morgan fingerprint density at radius 1 is 1.56 bits per heavy atom. The molecule has 1 aromatic heterocycles. The fraction of sp³-hybridized carbons (Fsp3) is 0.769. The molecule has 1 aliphatic rings. The molecule has 0 bridgehead atoms. The van der Waals surface area contributed by atoms with E-state index in [2.05, 4.69) is 23.5 Å². The van der Waals surface area contributed by atoms with Crippen LogP contribution in [0, 0.1) is 0 Å². The third-order valence-electron chi connectivity index (χ3n) is 3.26. The standard InChI is InChI=1S/C13H23N3O2/c1-3-14-12(13-10-17-6-7-18-13)5-4-11-8-15-16(2)9-11/h8-9,12-14H,3-7,10H2,1-2H3. The highest BCUT2D eigenvalue weighted by molar-refractivity contribution is 5.04. The molecule has 5 heteroatoms. The molecule has 2 unspecified atom stereocenters. The molecule has 1 saturated heterocycles. The highest BCUT2D eigenvalue weighted by Gasteiger charge is 2.24. The van der Waals surface area contributed by atoms with Crippen LogP contribution >= 0.6 is 0 Å². The van der Waals surface area contributed by atoms with E-state index < -0.39 is 0 Å². The second-order valence-corrected chi connectivity index (χ2v) is 4.71. The van der Waals surface area contributed by atoms with Gasteiger partial charge in [-0.3, -0.25) is 4.68 Å². The van der Waals surface area contributed by atoms with Crippen LogP contribution < -0.4 is 5.32 Å². The number of nitrogens with one attached hydrogen (secondary N) is 1. The molecule has 1 fully saturated rings. The third-order valence-corrected chi connectivity index (χ3v) is 3.26. The first-order valence-corrected chi connectivity index (χ1v) is 6.70. The summed E-state index contributed by atoms with van der Waals surface area (Å²) in [6, 6.07) is 0.357. The van der Waals surface area contributed by atoms with Gasteiger partial charge in [-0.15, -0.1) is 0 Å². The quantitative estimate of drug-likeness (QED) is 0.812. The molecule has 102 valence electrons. The van der Waals surface area contributed by atoms with Crippen molar-refractivity contribution in [1.29, 1.82) is 0 Å². The molecule has 0 amide bonds. The number of aryl methyl sites for hydroxylation is 2. The van der Waals surface area contributed by atoms with Crippen molar-refractivity contribution in [3.63, 3.8) is 0 Å². The zero-order chi connectivity index (χ0) is 12.8. The van der Waals surface area contributed by atoms with E-state index in [9.17, 15) is 0 Å². The molecule has 1 aliphatic heterocycles. The lowest BCUT2D eigenvalue weighted by Gasteiger charge is -2.31. The summed E-state index contributed by atoms with van der Waals surface area (Å²) >= 11 is 0. The molecule has 0 radical (unpaired) electrons. The van der Waals surface area contributed by atoms with E-state index in [4.69, 9.17) is 9.47 Å². The van der Waals surface area contributed by atoms with Crippen LogP contribution in [0.2, 0.25) is 0 Å². The molecule has 0 aromatic carbocycles. The van der Waals surface area contributed by atoms with E-state index in [1.54, 1.807) is 0 Å². The Labute approximate surface area is 108 Å². The number of aromatic nitrogens is 2. The summed E-state index contributed by atoms with van der Waals surface area (Å²) < 4.78 is 13.1. The van der Waals surface area contributed by atoms with Crippen LogP contribution in [0.3, 0.4) is 0 Å². The number of hydrogen-bond acceptors (Lipinski definition) is 4. The Morgan fingerprint density at radius 2 is 2.44 bits per heavy atom. The van der Waals surface area contributed by atoms with Crippen LogP contribution in [-0.4, -0.2) is 48.3 Å². The summed E-state index contributed by atoms with van der Waals surface area (Å²) in [4.78, 5) is 0. The van der Waals surface area contributed by atoms with Crippen LogP contribution in [0.5, 0.6) is 0 Å². The van der Waals surface area contributed by atoms with Crippen molar-refractivity contribution in [1.82, 2.24) is 15.1 Å². The van der Waals surface area contributed by atoms with E-state index in [0.717, 1.165) is 26.0 Å². The number of hydrogen-bond donors (Lipinski definition) is 1. The molecule has 1 aromatic rings. The van der Waals surface area contributed by atoms with Crippen molar-refractivity contribution < 1.29 is 9.47 Å². The summed E-state index contributed by atoms with van der Waals surface area (Å²) in [7, 11) is 1.95. The molecule has 18 heavy (non-hydrogen) atoms. The Bertz CT molecular complexity index is 348. The Kier molecular flexibility index (Phi) is 5.16. The Morgan fingerprint density at radius 3 is 3.06 bits per heavy atom. The SMILES string of the molecule is CCNC(CCc1cnn(C)c1)C1COCCO1. The first-order valence-electron chi connectivity index (χ1n) is 6.70. The molecule has 0 aliphatic carbocycles. The number of ether oxygens (including phenoxy) is 2. The Hall–Kier alpha value is -0.910. The molecule has 0 spiro atoms. The molecular formula is C13H23N3O2. The van der Waals surface area contributed by atoms with Gasteiger partial charge in [0.15, 0.2) is 0 Å². The van der Waals surface area contributed by atoms with Gasteiger partial charge >= 0.3 is 0 Å². The van der Waals surface area contributed by atoms with Gasteiger partial charge in [-0.2, -0.15) is 5.10 Å². The predicted molar refractivity (Wildman–Crippen MR) is 69.6 cm³/mol. The second-order valence-electron chi connectivity index (χ2n) is 4.71. The molecular weight excluding hydrogens is 230 g/mol. The summed E-state index contributed by atoms with van der Waals surface area (Å²) in [5.74, 6) is 0. The zero-order valence-corrected chi connectivity index (χ0v) is 11.3. The summed E-state index contributed by atoms with van der Waals surface area (Å²) in [5.41, 5.74) is 1.28. The first kappa shape index (κ1) is 13.5. The molecule has 2 heterocycles. The molecule has 5 nitrogen and oxygen atoms in total. The predicted octanol–water partition coefficient (Wildman–Crippen LogP) is 0.746. The van der Waals surface area contributed by atoms with E-state index in [1.165, 1.54) is 5.56 Å². The summed E-state index contributed by atoms with van der Waals surface area (Å²) in [6.07, 6.45) is 6.25. The lowest BCUT2D eigenvalue weighted by Crippen LogP contribution is -2.46. The van der Waals surface area contributed by atoms with E-state index in [1.807, 2.05) is 17.9 Å². The summed E-state index contributed by atoms with van der Waals surface area (Å²) in [6.45, 7) is 5.21. The van der Waals surface area contributed by atoms with Gasteiger partial charge in [-0.05, 0) is 24.9 Å². The maximum absolute atomic E-state index is 5.78. The minimum Gasteiger partial charge on any atom is -0.376 e. The second kappa shape index (κ2) is 6.87. The average molecular weight is 253 g/mol. The van der Waals surface area contributed by atoms with Gasteiger partial charge in [0.1, 0.15) is 0 Å². The van der Waals surface area contributed by atoms with Crippen LogP contribution in [-0.2, 0) is 22.9 Å². The minimum absolute atomic E-state index is 0.176. The van der Waals surface area contributed by atoms with Gasteiger partial charge < -0.3 is 14.8 Å². The number of rotatable bonds is 6. The van der Waals surface area contributed by atoms with Gasteiger partial charge in [0.2, 0.25) is 0 Å². The third kappa shape index (κ3) is 3.80. The molecule has 2 rings (SSSR count). The molecule has 2 atom stereocenters. The van der Waals surface area contributed by atoms with Crippen LogP contribution in [0.1, 0.15) is 18.9 Å². The maximum Gasteiger partial charge on any atom is 0.0962 e. The fourth-order valence-corrected chi connectivity index (χ4v) is 2.34. The first-order chi connectivity index (χ1) is 8.79. The number of nitrogens with zero attached hydrogens (tertiary/aromatic N) is 2. The monoisotopic (exact) mass is 253 g/mol. The van der Waals surface area contributed by atoms with Crippen LogP contribution in [0.4, 0.5) is 0 Å². The van der Waals surface area contributed by atoms with Crippen molar-refractivity contribution in [2.45, 2.75) is 31.9 Å². The van der Waals surface area contributed by atoms with Crippen LogP contribution in [0.25, 0.3) is 0 Å². The molecule has 0 saturated carbocycles. The van der Waals surface area contributed by atoms with Gasteiger partial charge in [-0.25, -0.2) is 0 Å². The van der Waals surface area contributed by atoms with Crippen molar-refractivity contribution in [3.8, 4) is 0 Å². The largest absolute Gasteiger partial charge is 0.376 e. The van der Waals surface area contributed by atoms with Crippen molar-refractivity contribution in [2.24, 2.45) is 7.05 Å². The van der Waals surface area contributed by atoms with Gasteiger partial charge in [-0.1, -0.05) is 6.92 Å². The Balaban J connectivity index is 1.85. The van der Waals surface area contributed by atoms with E-state index >= 15 is 0 Å². The number of likely N-dealkylation sites (N-methyl/N-ethyl adjacent to an activating group) is 1. The van der Waals surface area contributed by atoms with E-state index in [0.29, 0.717) is 19.3 Å². The van der Waals surface area contributed by atoms with Crippen molar-refractivity contribution in [3.05, 3.63) is 18.0 Å². The average Bonchev–Trinajstić information content (AvgIpc) is 2.81. The minimum atomic E-state index is 0.176. The van der Waals surface area contributed by atoms with Gasteiger partial charge in [0.25, 0.3) is 0 Å².